The summed E-state index contributed by atoms with van der Waals surface area (Å²) in [4.78, 5) is 1.87. The van der Waals surface area contributed by atoms with Crippen LogP contribution in [0.5, 0.6) is 0 Å². The lowest BCUT2D eigenvalue weighted by molar-refractivity contribution is -0.273. The molecule has 1 aromatic carbocycles. The van der Waals surface area contributed by atoms with Crippen LogP contribution in [0.4, 0.5) is 13.2 Å². The molecule has 1 aromatic rings. The predicted molar refractivity (Wildman–Crippen MR) is 75.1 cm³/mol. The fourth-order valence-corrected chi connectivity index (χ4v) is 2.90. The Balaban J connectivity index is 2.10. The molecule has 3 N–H and O–H groups in total. The minimum Gasteiger partial charge on any atom is -0.380 e. The summed E-state index contributed by atoms with van der Waals surface area (Å²) in [6, 6.07) is 6.95. The molecule has 1 heterocycles. The smallest absolute Gasteiger partial charge is 0.380 e. The average Bonchev–Trinajstić information content (AvgIpc) is 2.41. The first kappa shape index (κ1) is 16.5. The molecule has 3 nitrogen and oxygen atoms in total. The Kier molecular flexibility index (Phi) is 4.82. The Morgan fingerprint density at radius 3 is 2.43 bits per heavy atom. The zero-order chi connectivity index (χ0) is 15.7. The van der Waals surface area contributed by atoms with Crippen molar-refractivity contribution in [3.63, 3.8) is 0 Å². The highest BCUT2D eigenvalue weighted by Gasteiger charge is 2.54. The van der Waals surface area contributed by atoms with E-state index in [-0.39, 0.29) is 38.5 Å². The van der Waals surface area contributed by atoms with Gasteiger partial charge in [-0.1, -0.05) is 23.7 Å². The standard InChI is InChI=1S/C14H18ClF3N2O/c15-11-3-1-2-10(8-11)12(9-19)20-6-4-13(21,5-7-20)14(16,17)18/h1-3,8,12,21H,4-7,9,19H2/t12-/m1/s1. The largest absolute Gasteiger partial charge is 0.417 e. The molecule has 0 bridgehead atoms. The number of hydrogen-bond acceptors (Lipinski definition) is 3. The summed E-state index contributed by atoms with van der Waals surface area (Å²) in [7, 11) is 0. The summed E-state index contributed by atoms with van der Waals surface area (Å²) in [6.07, 6.45) is -5.27. The SMILES string of the molecule is NC[C@H](c1cccc(Cl)c1)N1CCC(O)(C(F)(F)F)CC1. The molecule has 2 rings (SSSR count). The fraction of sp³-hybridized carbons (Fsp3) is 0.571. The van der Waals surface area contributed by atoms with Crippen molar-refractivity contribution in [3.05, 3.63) is 34.9 Å². The van der Waals surface area contributed by atoms with Crippen LogP contribution in [-0.4, -0.2) is 41.4 Å². The maximum Gasteiger partial charge on any atom is 0.417 e. The number of halogens is 4. The Morgan fingerprint density at radius 2 is 1.95 bits per heavy atom. The summed E-state index contributed by atoms with van der Waals surface area (Å²) in [5.41, 5.74) is 4.06. The molecule has 1 saturated heterocycles. The van der Waals surface area contributed by atoms with Gasteiger partial charge in [0, 0.05) is 30.7 Å². The lowest BCUT2D eigenvalue weighted by Crippen LogP contribution is -2.54. The Morgan fingerprint density at radius 1 is 1.33 bits per heavy atom. The molecule has 21 heavy (non-hydrogen) atoms. The quantitative estimate of drug-likeness (QED) is 0.899. The van der Waals surface area contributed by atoms with Crippen LogP contribution in [0.1, 0.15) is 24.4 Å². The first-order chi connectivity index (χ1) is 9.77. The third-order valence-corrected chi connectivity index (χ3v) is 4.29. The summed E-state index contributed by atoms with van der Waals surface area (Å²) in [5, 5.41) is 10.3. The average molecular weight is 323 g/mol. The molecular weight excluding hydrogens is 305 g/mol. The Bertz CT molecular complexity index is 487. The van der Waals surface area contributed by atoms with Gasteiger partial charge in [-0.15, -0.1) is 0 Å². The van der Waals surface area contributed by atoms with Crippen LogP contribution < -0.4 is 5.73 Å². The first-order valence-corrected chi connectivity index (χ1v) is 7.13. The van der Waals surface area contributed by atoms with Crippen molar-refractivity contribution >= 4 is 11.6 Å². The van der Waals surface area contributed by atoms with Crippen LogP contribution in [0.15, 0.2) is 24.3 Å². The van der Waals surface area contributed by atoms with E-state index >= 15 is 0 Å². The summed E-state index contributed by atoms with van der Waals surface area (Å²) in [5.74, 6) is 0. The van der Waals surface area contributed by atoms with E-state index < -0.39 is 11.8 Å². The molecule has 0 saturated carbocycles. The lowest BCUT2D eigenvalue weighted by Gasteiger charge is -2.42. The van der Waals surface area contributed by atoms with Crippen LogP contribution in [0, 0.1) is 0 Å². The number of likely N-dealkylation sites (tertiary alicyclic amines) is 1. The van der Waals surface area contributed by atoms with E-state index in [0.717, 1.165) is 5.56 Å². The molecule has 0 amide bonds. The van der Waals surface area contributed by atoms with Gasteiger partial charge in [0.2, 0.25) is 0 Å². The van der Waals surface area contributed by atoms with Crippen LogP contribution in [-0.2, 0) is 0 Å². The number of nitrogens with two attached hydrogens (primary N) is 1. The number of aliphatic hydroxyl groups is 1. The molecule has 0 unspecified atom stereocenters. The van der Waals surface area contributed by atoms with Crippen LogP contribution >= 0.6 is 11.6 Å². The highest BCUT2D eigenvalue weighted by molar-refractivity contribution is 6.30. The first-order valence-electron chi connectivity index (χ1n) is 6.75. The highest BCUT2D eigenvalue weighted by atomic mass is 35.5. The van der Waals surface area contributed by atoms with Crippen molar-refractivity contribution in [3.8, 4) is 0 Å². The number of alkyl halides is 3. The third-order valence-electron chi connectivity index (χ3n) is 4.05. The maximum absolute atomic E-state index is 12.8. The number of benzene rings is 1. The van der Waals surface area contributed by atoms with E-state index in [1.807, 2.05) is 11.0 Å². The van der Waals surface area contributed by atoms with E-state index in [1.165, 1.54) is 0 Å². The van der Waals surface area contributed by atoms with Crippen molar-refractivity contribution in [2.24, 2.45) is 5.73 Å². The van der Waals surface area contributed by atoms with Crippen LogP contribution in [0.3, 0.4) is 0 Å². The molecule has 1 aliphatic heterocycles. The number of hydrogen-bond donors (Lipinski definition) is 2. The number of piperidine rings is 1. The molecule has 0 radical (unpaired) electrons. The third kappa shape index (κ3) is 3.51. The second kappa shape index (κ2) is 6.12. The minimum absolute atomic E-state index is 0.143. The fourth-order valence-electron chi connectivity index (χ4n) is 2.70. The van der Waals surface area contributed by atoms with Crippen molar-refractivity contribution in [1.29, 1.82) is 0 Å². The van der Waals surface area contributed by atoms with Crippen LogP contribution in [0.25, 0.3) is 0 Å². The maximum atomic E-state index is 12.8. The monoisotopic (exact) mass is 322 g/mol. The van der Waals surface area contributed by atoms with Crippen LogP contribution in [0.2, 0.25) is 5.02 Å². The molecule has 118 valence electrons. The highest BCUT2D eigenvalue weighted by Crippen LogP contribution is 2.40. The number of rotatable bonds is 3. The van der Waals surface area contributed by atoms with Gasteiger partial charge in [-0.3, -0.25) is 4.90 Å². The zero-order valence-electron chi connectivity index (χ0n) is 11.4. The van der Waals surface area contributed by atoms with E-state index in [0.29, 0.717) is 5.02 Å². The Labute approximate surface area is 126 Å². The van der Waals surface area contributed by atoms with Gasteiger partial charge in [0.05, 0.1) is 0 Å². The van der Waals surface area contributed by atoms with E-state index in [1.54, 1.807) is 18.2 Å². The van der Waals surface area contributed by atoms with Gasteiger partial charge in [-0.2, -0.15) is 13.2 Å². The zero-order valence-corrected chi connectivity index (χ0v) is 12.2. The topological polar surface area (TPSA) is 49.5 Å². The van der Waals surface area contributed by atoms with E-state index in [4.69, 9.17) is 17.3 Å². The van der Waals surface area contributed by atoms with Gasteiger partial charge in [0.25, 0.3) is 0 Å². The molecule has 0 spiro atoms. The lowest BCUT2D eigenvalue weighted by atomic mass is 9.89. The van der Waals surface area contributed by atoms with E-state index in [9.17, 15) is 18.3 Å². The summed E-state index contributed by atoms with van der Waals surface area (Å²) >= 11 is 5.94. The van der Waals surface area contributed by atoms with Gasteiger partial charge < -0.3 is 10.8 Å². The van der Waals surface area contributed by atoms with Gasteiger partial charge in [0.1, 0.15) is 0 Å². The van der Waals surface area contributed by atoms with Gasteiger partial charge in [-0.25, -0.2) is 0 Å². The van der Waals surface area contributed by atoms with Crippen molar-refractivity contribution in [2.45, 2.75) is 30.7 Å². The van der Waals surface area contributed by atoms with Gasteiger partial charge >= 0.3 is 6.18 Å². The molecule has 1 aliphatic rings. The van der Waals surface area contributed by atoms with Gasteiger partial charge in [0.15, 0.2) is 5.60 Å². The molecular formula is C14H18ClF3N2O. The number of nitrogens with zero attached hydrogens (tertiary/aromatic N) is 1. The van der Waals surface area contributed by atoms with E-state index in [2.05, 4.69) is 0 Å². The summed E-state index contributed by atoms with van der Waals surface area (Å²) in [6.45, 7) is 0.569. The van der Waals surface area contributed by atoms with Gasteiger partial charge in [-0.05, 0) is 30.5 Å². The second-order valence-corrected chi connectivity index (χ2v) is 5.81. The van der Waals surface area contributed by atoms with Crippen molar-refractivity contribution in [2.75, 3.05) is 19.6 Å². The van der Waals surface area contributed by atoms with Crippen molar-refractivity contribution < 1.29 is 18.3 Å². The minimum atomic E-state index is -4.59. The molecule has 1 fully saturated rings. The Hall–Kier alpha value is -0.820. The molecule has 0 aromatic heterocycles. The van der Waals surface area contributed by atoms with Crippen molar-refractivity contribution in [1.82, 2.24) is 4.90 Å². The molecule has 0 aliphatic carbocycles. The predicted octanol–water partition coefficient (Wildman–Crippen LogP) is 2.73. The molecule has 7 heteroatoms. The summed E-state index contributed by atoms with van der Waals surface area (Å²) < 4.78 is 38.4. The second-order valence-electron chi connectivity index (χ2n) is 5.37. The molecule has 1 atom stereocenters. The normalized spacial score (nSPS) is 21.2.